The summed E-state index contributed by atoms with van der Waals surface area (Å²) in [5.74, 6) is 1.60. The summed E-state index contributed by atoms with van der Waals surface area (Å²) in [6.45, 7) is 8.85. The van der Waals surface area contributed by atoms with Crippen molar-refractivity contribution in [1.29, 1.82) is 0 Å². The van der Waals surface area contributed by atoms with Crippen molar-refractivity contribution in [2.45, 2.75) is 13.5 Å². The molecule has 8 heteroatoms. The van der Waals surface area contributed by atoms with E-state index in [1.54, 1.807) is 7.11 Å². The van der Waals surface area contributed by atoms with Crippen LogP contribution in [0.3, 0.4) is 0 Å². The molecule has 6 rings (SSSR count). The lowest BCUT2D eigenvalue weighted by atomic mass is 9.98. The average Bonchev–Trinajstić information content (AvgIpc) is 3.04. The normalized spacial score (nSPS) is 16.0. The van der Waals surface area contributed by atoms with Gasteiger partial charge in [0.2, 0.25) is 0 Å². The van der Waals surface area contributed by atoms with Crippen molar-refractivity contribution >= 4 is 22.5 Å². The Balaban J connectivity index is 1.17. The van der Waals surface area contributed by atoms with Gasteiger partial charge in [-0.2, -0.15) is 0 Å². The van der Waals surface area contributed by atoms with Gasteiger partial charge in [-0.25, -0.2) is 0 Å². The van der Waals surface area contributed by atoms with E-state index in [-0.39, 0.29) is 12.5 Å². The molecule has 218 valence electrons. The first-order valence-corrected chi connectivity index (χ1v) is 14.7. The minimum absolute atomic E-state index is 0.0115. The van der Waals surface area contributed by atoms with Gasteiger partial charge in [0, 0.05) is 74.2 Å². The Kier molecular flexibility index (Phi) is 8.53. The third-order valence-electron chi connectivity index (χ3n) is 8.12. The fourth-order valence-corrected chi connectivity index (χ4v) is 5.81. The van der Waals surface area contributed by atoms with Gasteiger partial charge in [0.25, 0.3) is 5.91 Å². The topological polar surface area (TPSA) is 67.4 Å². The number of benzene rings is 3. The van der Waals surface area contributed by atoms with Crippen molar-refractivity contribution in [1.82, 2.24) is 14.8 Å². The number of hydrogen-bond acceptors (Lipinski definition) is 7. The predicted molar refractivity (Wildman–Crippen MR) is 165 cm³/mol. The van der Waals surface area contributed by atoms with Crippen molar-refractivity contribution in [3.8, 4) is 22.6 Å². The van der Waals surface area contributed by atoms with Crippen molar-refractivity contribution in [2.75, 3.05) is 71.1 Å². The highest BCUT2D eigenvalue weighted by molar-refractivity contribution is 5.94. The molecule has 42 heavy (non-hydrogen) atoms. The number of morpholine rings is 1. The summed E-state index contributed by atoms with van der Waals surface area (Å²) in [4.78, 5) is 24.5. The standard InChI is InChI=1S/C34H38N4O4/c1-25-20-31(30-8-3-4-9-32(30)35-25)26-10-11-33(27(21-26)23-36-16-18-41-19-17-36)42-24-34(39)38-14-12-37(13-15-38)28-6-5-7-29(22-28)40-2/h3-11,20-22H,12-19,23-24H2,1-2H3. The van der Waals surface area contributed by atoms with Gasteiger partial charge >= 0.3 is 0 Å². The minimum atomic E-state index is 0.0115. The first kappa shape index (κ1) is 28.0. The molecule has 3 aromatic carbocycles. The van der Waals surface area contributed by atoms with E-state index in [1.807, 2.05) is 42.2 Å². The number of pyridine rings is 1. The molecule has 0 saturated carbocycles. The van der Waals surface area contributed by atoms with Gasteiger partial charge in [-0.05, 0) is 54.4 Å². The van der Waals surface area contributed by atoms with Gasteiger partial charge in [0.05, 0.1) is 25.8 Å². The second-order valence-corrected chi connectivity index (χ2v) is 10.9. The van der Waals surface area contributed by atoms with Crippen LogP contribution in [0.2, 0.25) is 0 Å². The number of methoxy groups -OCH3 is 1. The molecule has 0 N–H and O–H groups in total. The Morgan fingerprint density at radius 1 is 0.905 bits per heavy atom. The maximum absolute atomic E-state index is 13.2. The van der Waals surface area contributed by atoms with Crippen molar-refractivity contribution in [2.24, 2.45) is 0 Å². The quantitative estimate of drug-likeness (QED) is 0.304. The fraction of sp³-hybridized carbons (Fsp3) is 0.353. The zero-order chi connectivity index (χ0) is 28.9. The second-order valence-electron chi connectivity index (χ2n) is 10.9. The van der Waals surface area contributed by atoms with Crippen LogP contribution in [0.15, 0.2) is 72.8 Å². The second kappa shape index (κ2) is 12.8. The number of fused-ring (bicyclic) bond motifs is 1. The number of nitrogens with zero attached hydrogens (tertiary/aromatic N) is 4. The Bertz CT molecular complexity index is 1540. The number of para-hydroxylation sites is 1. The lowest BCUT2D eigenvalue weighted by molar-refractivity contribution is -0.133. The zero-order valence-corrected chi connectivity index (χ0v) is 24.4. The summed E-state index contributed by atoms with van der Waals surface area (Å²) in [5, 5.41) is 1.12. The van der Waals surface area contributed by atoms with Gasteiger partial charge in [-0.15, -0.1) is 0 Å². The molecule has 0 radical (unpaired) electrons. The average molecular weight is 567 g/mol. The smallest absolute Gasteiger partial charge is 0.260 e. The van der Waals surface area contributed by atoms with Crippen LogP contribution < -0.4 is 14.4 Å². The molecular weight excluding hydrogens is 528 g/mol. The van der Waals surface area contributed by atoms with E-state index >= 15 is 0 Å². The van der Waals surface area contributed by atoms with Gasteiger partial charge in [0.1, 0.15) is 11.5 Å². The third-order valence-corrected chi connectivity index (χ3v) is 8.12. The molecule has 0 bridgehead atoms. The maximum atomic E-state index is 13.2. The molecule has 0 spiro atoms. The van der Waals surface area contributed by atoms with Crippen molar-refractivity contribution in [3.63, 3.8) is 0 Å². The largest absolute Gasteiger partial charge is 0.497 e. The number of aromatic nitrogens is 1. The van der Waals surface area contributed by atoms with Crippen LogP contribution in [0.25, 0.3) is 22.0 Å². The Labute approximate surface area is 247 Å². The number of amides is 1. The number of hydrogen-bond donors (Lipinski definition) is 0. The van der Waals surface area contributed by atoms with E-state index < -0.39 is 0 Å². The van der Waals surface area contributed by atoms with Crippen LogP contribution in [0.5, 0.6) is 11.5 Å². The van der Waals surface area contributed by atoms with Gasteiger partial charge in [0.15, 0.2) is 6.61 Å². The van der Waals surface area contributed by atoms with Gasteiger partial charge in [-0.3, -0.25) is 14.7 Å². The highest BCUT2D eigenvalue weighted by atomic mass is 16.5. The van der Waals surface area contributed by atoms with E-state index in [9.17, 15) is 4.79 Å². The Hall–Kier alpha value is -4.14. The monoisotopic (exact) mass is 566 g/mol. The number of piperazine rings is 1. The molecule has 2 fully saturated rings. The molecule has 2 saturated heterocycles. The fourth-order valence-electron chi connectivity index (χ4n) is 5.81. The molecule has 2 aliphatic heterocycles. The number of rotatable bonds is 8. The summed E-state index contributed by atoms with van der Waals surface area (Å²) < 4.78 is 17.2. The number of aryl methyl sites for hydroxylation is 1. The van der Waals surface area contributed by atoms with Crippen LogP contribution in [-0.4, -0.2) is 86.9 Å². The highest BCUT2D eigenvalue weighted by Gasteiger charge is 2.23. The number of carbonyl (C=O) groups excluding carboxylic acids is 1. The lowest BCUT2D eigenvalue weighted by Gasteiger charge is -2.36. The van der Waals surface area contributed by atoms with Crippen LogP contribution in [0.4, 0.5) is 5.69 Å². The zero-order valence-electron chi connectivity index (χ0n) is 24.4. The van der Waals surface area contributed by atoms with Crippen LogP contribution in [0, 0.1) is 6.92 Å². The summed E-state index contributed by atoms with van der Waals surface area (Å²) in [7, 11) is 1.68. The highest BCUT2D eigenvalue weighted by Crippen LogP contribution is 2.33. The van der Waals surface area contributed by atoms with E-state index in [2.05, 4.69) is 52.3 Å². The molecule has 0 atom stereocenters. The molecule has 8 nitrogen and oxygen atoms in total. The van der Waals surface area contributed by atoms with Gasteiger partial charge in [-0.1, -0.05) is 30.3 Å². The predicted octanol–water partition coefficient (Wildman–Crippen LogP) is 4.78. The molecule has 0 unspecified atom stereocenters. The van der Waals surface area contributed by atoms with Crippen molar-refractivity contribution in [3.05, 3.63) is 84.1 Å². The molecular formula is C34H38N4O4. The lowest BCUT2D eigenvalue weighted by Crippen LogP contribution is -2.50. The summed E-state index contributed by atoms with van der Waals surface area (Å²) in [6, 6.07) is 24.8. The molecule has 1 amide bonds. The van der Waals surface area contributed by atoms with Gasteiger partial charge < -0.3 is 24.0 Å². The van der Waals surface area contributed by atoms with E-state index in [1.165, 1.54) is 0 Å². The summed E-state index contributed by atoms with van der Waals surface area (Å²) in [5.41, 5.74) is 6.42. The Morgan fingerprint density at radius 2 is 1.71 bits per heavy atom. The molecule has 0 aliphatic carbocycles. The molecule has 2 aliphatic rings. The number of ether oxygens (including phenoxy) is 3. The summed E-state index contributed by atoms with van der Waals surface area (Å²) >= 11 is 0. The number of carbonyl (C=O) groups is 1. The van der Waals surface area contributed by atoms with Crippen LogP contribution >= 0.6 is 0 Å². The molecule has 1 aromatic heterocycles. The van der Waals surface area contributed by atoms with Crippen molar-refractivity contribution < 1.29 is 19.0 Å². The Morgan fingerprint density at radius 3 is 2.52 bits per heavy atom. The first-order valence-electron chi connectivity index (χ1n) is 14.7. The summed E-state index contributed by atoms with van der Waals surface area (Å²) in [6.07, 6.45) is 0. The van der Waals surface area contributed by atoms with E-state index in [0.29, 0.717) is 13.1 Å². The maximum Gasteiger partial charge on any atom is 0.260 e. The molecule has 3 heterocycles. The van der Waals surface area contributed by atoms with Crippen LogP contribution in [-0.2, 0) is 16.1 Å². The van der Waals surface area contributed by atoms with E-state index in [0.717, 1.165) is 96.4 Å². The molecule has 4 aromatic rings. The van der Waals surface area contributed by atoms with E-state index in [4.69, 9.17) is 19.2 Å². The number of anilines is 1. The van der Waals surface area contributed by atoms with Crippen LogP contribution in [0.1, 0.15) is 11.3 Å². The SMILES string of the molecule is COc1cccc(N2CCN(C(=O)COc3ccc(-c4cc(C)nc5ccccc45)cc3CN3CCOCC3)CC2)c1. The third kappa shape index (κ3) is 6.35. The minimum Gasteiger partial charge on any atom is -0.497 e. The first-order chi connectivity index (χ1) is 20.6.